The Labute approximate surface area is 225 Å². The monoisotopic (exact) mass is 526 g/mol. The van der Waals surface area contributed by atoms with Gasteiger partial charge in [0.1, 0.15) is 17.5 Å². The number of morpholine rings is 1. The van der Waals surface area contributed by atoms with Crippen LogP contribution in [0.15, 0.2) is 30.3 Å². The van der Waals surface area contributed by atoms with E-state index in [1.54, 1.807) is 12.1 Å². The van der Waals surface area contributed by atoms with Crippen molar-refractivity contribution >= 4 is 34.9 Å². The number of thiocarbonyl (C=S) groups is 1. The summed E-state index contributed by atoms with van der Waals surface area (Å²) in [5, 5.41) is 7.26. The van der Waals surface area contributed by atoms with Gasteiger partial charge in [-0.3, -0.25) is 0 Å². The molecule has 1 atom stereocenters. The SMILES string of the molecule is C[C@H]1CCCN(c2cc(N3CCOCC3)nc(NC(=S)NCC3(c4ccc(F)cc4)CCCCC3)n2)C1. The van der Waals surface area contributed by atoms with E-state index >= 15 is 0 Å². The van der Waals surface area contributed by atoms with Gasteiger partial charge in [-0.15, -0.1) is 0 Å². The molecule has 1 aromatic heterocycles. The molecule has 1 aromatic carbocycles. The molecule has 7 nitrogen and oxygen atoms in total. The van der Waals surface area contributed by atoms with Gasteiger partial charge in [0.15, 0.2) is 5.11 Å². The number of rotatable bonds is 6. The van der Waals surface area contributed by atoms with Crippen LogP contribution in [0.3, 0.4) is 0 Å². The molecule has 0 unspecified atom stereocenters. The Balaban J connectivity index is 1.32. The molecule has 0 bridgehead atoms. The molecule has 1 aliphatic carbocycles. The van der Waals surface area contributed by atoms with Gasteiger partial charge in [-0.25, -0.2) is 4.39 Å². The second-order valence-corrected chi connectivity index (χ2v) is 11.3. The average Bonchev–Trinajstić information content (AvgIpc) is 2.93. The number of piperidine rings is 1. The number of nitrogens with one attached hydrogen (secondary N) is 2. The fourth-order valence-electron chi connectivity index (χ4n) is 5.99. The maximum Gasteiger partial charge on any atom is 0.232 e. The van der Waals surface area contributed by atoms with E-state index in [0.717, 1.165) is 50.7 Å². The topological polar surface area (TPSA) is 65.6 Å². The van der Waals surface area contributed by atoms with E-state index in [2.05, 4.69) is 33.4 Å². The molecule has 0 spiro atoms. The van der Waals surface area contributed by atoms with Crippen molar-refractivity contribution in [1.29, 1.82) is 0 Å². The predicted molar refractivity (Wildman–Crippen MR) is 151 cm³/mol. The van der Waals surface area contributed by atoms with Crippen LogP contribution < -0.4 is 20.4 Å². The van der Waals surface area contributed by atoms with Crippen molar-refractivity contribution in [2.24, 2.45) is 5.92 Å². The Morgan fingerprint density at radius 1 is 1.03 bits per heavy atom. The van der Waals surface area contributed by atoms with Gasteiger partial charge >= 0.3 is 0 Å². The molecule has 2 N–H and O–H groups in total. The number of aromatic nitrogens is 2. The molecule has 0 radical (unpaired) electrons. The first-order chi connectivity index (χ1) is 18.0. The second kappa shape index (κ2) is 11.9. The molecule has 37 heavy (non-hydrogen) atoms. The molecule has 2 saturated heterocycles. The molecule has 3 aliphatic rings. The number of benzene rings is 1. The van der Waals surface area contributed by atoms with Crippen LogP contribution in [0.2, 0.25) is 0 Å². The molecular formula is C28H39FN6OS. The zero-order valence-corrected chi connectivity index (χ0v) is 22.7. The van der Waals surface area contributed by atoms with Crippen molar-refractivity contribution in [3.63, 3.8) is 0 Å². The van der Waals surface area contributed by atoms with Crippen molar-refractivity contribution < 1.29 is 9.13 Å². The zero-order chi connectivity index (χ0) is 25.7. The number of hydrogen-bond donors (Lipinski definition) is 2. The van der Waals surface area contributed by atoms with E-state index in [4.69, 9.17) is 26.9 Å². The Hall–Kier alpha value is -2.52. The first-order valence-electron chi connectivity index (χ1n) is 13.8. The summed E-state index contributed by atoms with van der Waals surface area (Å²) in [6.07, 6.45) is 8.14. The molecule has 1 saturated carbocycles. The quantitative estimate of drug-likeness (QED) is 0.517. The third-order valence-corrected chi connectivity index (χ3v) is 8.34. The lowest BCUT2D eigenvalue weighted by molar-refractivity contribution is 0.122. The average molecular weight is 527 g/mol. The fourth-order valence-corrected chi connectivity index (χ4v) is 6.15. The Morgan fingerprint density at radius 3 is 2.43 bits per heavy atom. The minimum Gasteiger partial charge on any atom is -0.378 e. The van der Waals surface area contributed by atoms with Gasteiger partial charge in [0.2, 0.25) is 5.95 Å². The third kappa shape index (κ3) is 6.49. The smallest absolute Gasteiger partial charge is 0.232 e. The lowest BCUT2D eigenvalue weighted by Crippen LogP contribution is -2.44. The van der Waals surface area contributed by atoms with Crippen LogP contribution in [0.4, 0.5) is 22.0 Å². The summed E-state index contributed by atoms with van der Waals surface area (Å²) in [7, 11) is 0. The maximum atomic E-state index is 13.6. The Morgan fingerprint density at radius 2 is 1.73 bits per heavy atom. The molecule has 9 heteroatoms. The van der Waals surface area contributed by atoms with Crippen LogP contribution in [0.25, 0.3) is 0 Å². The number of nitrogens with zero attached hydrogens (tertiary/aromatic N) is 4. The highest BCUT2D eigenvalue weighted by atomic mass is 32.1. The molecular weight excluding hydrogens is 487 g/mol. The Kier molecular flexibility index (Phi) is 8.39. The molecule has 5 rings (SSSR count). The van der Waals surface area contributed by atoms with Crippen LogP contribution in [0.5, 0.6) is 0 Å². The fraction of sp³-hybridized carbons (Fsp3) is 0.607. The van der Waals surface area contributed by atoms with Crippen LogP contribution in [-0.2, 0) is 10.2 Å². The molecule has 3 heterocycles. The number of ether oxygens (including phenoxy) is 1. The summed E-state index contributed by atoms with van der Waals surface area (Å²) in [6, 6.07) is 9.10. The normalized spacial score (nSPS) is 21.9. The van der Waals surface area contributed by atoms with Crippen LogP contribution in [0.1, 0.15) is 57.4 Å². The summed E-state index contributed by atoms with van der Waals surface area (Å²) in [4.78, 5) is 14.4. The first-order valence-corrected chi connectivity index (χ1v) is 14.2. The van der Waals surface area contributed by atoms with E-state index in [1.807, 2.05) is 12.1 Å². The van der Waals surface area contributed by atoms with E-state index in [-0.39, 0.29) is 11.2 Å². The molecule has 2 aromatic rings. The van der Waals surface area contributed by atoms with Crippen molar-refractivity contribution in [2.45, 2.75) is 57.3 Å². The minimum atomic E-state index is -0.198. The van der Waals surface area contributed by atoms with Gasteiger partial charge in [-0.05, 0) is 61.5 Å². The molecule has 3 fully saturated rings. The molecule has 0 amide bonds. The second-order valence-electron chi connectivity index (χ2n) is 10.9. The zero-order valence-electron chi connectivity index (χ0n) is 21.8. The van der Waals surface area contributed by atoms with Crippen LogP contribution in [-0.4, -0.2) is 61.0 Å². The van der Waals surface area contributed by atoms with E-state index in [9.17, 15) is 4.39 Å². The number of anilines is 3. The molecule has 2 aliphatic heterocycles. The number of halogens is 1. The molecule has 200 valence electrons. The van der Waals surface area contributed by atoms with Gasteiger partial charge in [0.25, 0.3) is 0 Å². The van der Waals surface area contributed by atoms with Crippen LogP contribution in [0, 0.1) is 11.7 Å². The minimum absolute atomic E-state index is 0.0523. The van der Waals surface area contributed by atoms with Gasteiger partial charge in [-0.1, -0.05) is 38.3 Å². The highest BCUT2D eigenvalue weighted by Gasteiger charge is 2.34. The Bertz CT molecular complexity index is 1060. The largest absolute Gasteiger partial charge is 0.378 e. The number of hydrogen-bond acceptors (Lipinski definition) is 6. The summed E-state index contributed by atoms with van der Waals surface area (Å²) in [6.45, 7) is 8.04. The van der Waals surface area contributed by atoms with Crippen molar-refractivity contribution in [3.8, 4) is 0 Å². The maximum absolute atomic E-state index is 13.6. The van der Waals surface area contributed by atoms with Crippen molar-refractivity contribution in [2.75, 3.05) is 61.1 Å². The van der Waals surface area contributed by atoms with Gasteiger partial charge < -0.3 is 25.2 Å². The van der Waals surface area contributed by atoms with Gasteiger partial charge in [-0.2, -0.15) is 9.97 Å². The van der Waals surface area contributed by atoms with Gasteiger partial charge in [0, 0.05) is 44.2 Å². The van der Waals surface area contributed by atoms with E-state index in [1.165, 1.54) is 37.7 Å². The lowest BCUT2D eigenvalue weighted by Gasteiger charge is -2.38. The lowest BCUT2D eigenvalue weighted by atomic mass is 9.69. The van der Waals surface area contributed by atoms with E-state index < -0.39 is 0 Å². The summed E-state index contributed by atoms with van der Waals surface area (Å²) >= 11 is 5.73. The van der Waals surface area contributed by atoms with Crippen LogP contribution >= 0.6 is 12.2 Å². The standard InChI is InChI=1S/C28H39FN6OS/c1-21-6-5-13-35(19-21)25-18-24(34-14-16-36-17-15-34)31-26(32-25)33-27(37)30-20-28(11-3-2-4-12-28)22-7-9-23(29)10-8-22/h7-10,18,21H,2-6,11-17,19-20H2,1H3,(H2,30,31,32,33,37)/t21-/m0/s1. The summed E-state index contributed by atoms with van der Waals surface area (Å²) in [5.74, 6) is 2.83. The predicted octanol–water partition coefficient (Wildman–Crippen LogP) is 4.88. The van der Waals surface area contributed by atoms with Crippen molar-refractivity contribution in [1.82, 2.24) is 15.3 Å². The summed E-state index contributed by atoms with van der Waals surface area (Å²) < 4.78 is 19.2. The van der Waals surface area contributed by atoms with Gasteiger partial charge in [0.05, 0.1) is 13.2 Å². The van der Waals surface area contributed by atoms with Crippen molar-refractivity contribution in [3.05, 3.63) is 41.7 Å². The highest BCUT2D eigenvalue weighted by molar-refractivity contribution is 7.80. The highest BCUT2D eigenvalue weighted by Crippen LogP contribution is 2.39. The summed E-state index contributed by atoms with van der Waals surface area (Å²) in [5.41, 5.74) is 1.12. The van der Waals surface area contributed by atoms with E-state index in [0.29, 0.717) is 36.7 Å². The first kappa shape index (κ1) is 26.1. The third-order valence-electron chi connectivity index (χ3n) is 8.10.